The maximum absolute atomic E-state index is 12.8. The van der Waals surface area contributed by atoms with E-state index >= 15 is 0 Å². The number of hydrogen-bond acceptors (Lipinski definition) is 5. The molecule has 0 spiro atoms. The number of nitrogens with zero attached hydrogens (tertiary/aromatic N) is 2. The van der Waals surface area contributed by atoms with Crippen LogP contribution in [-0.2, 0) is 11.3 Å². The molecule has 4 aromatic rings. The molecule has 30 heavy (non-hydrogen) atoms. The van der Waals surface area contributed by atoms with Crippen molar-refractivity contribution in [2.45, 2.75) is 6.54 Å². The van der Waals surface area contributed by atoms with E-state index in [-0.39, 0.29) is 24.7 Å². The molecule has 1 amide bonds. The highest BCUT2D eigenvalue weighted by Gasteiger charge is 2.14. The van der Waals surface area contributed by atoms with E-state index in [9.17, 15) is 9.59 Å². The predicted octanol–water partition coefficient (Wildman–Crippen LogP) is 3.03. The smallest absolute Gasteiger partial charge is 0.260 e. The lowest BCUT2D eigenvalue weighted by molar-refractivity contribution is -0.121. The number of amides is 1. The molecule has 1 aliphatic heterocycles. The minimum Gasteiger partial charge on any atom is -0.454 e. The van der Waals surface area contributed by atoms with Crippen molar-refractivity contribution >= 4 is 33.9 Å². The molecule has 2 heterocycles. The monoisotopic (exact) mass is 399 g/mol. The van der Waals surface area contributed by atoms with Crippen molar-refractivity contribution < 1.29 is 14.3 Å². The third-order valence-electron chi connectivity index (χ3n) is 4.98. The van der Waals surface area contributed by atoms with E-state index in [1.165, 1.54) is 0 Å². The van der Waals surface area contributed by atoms with Crippen molar-refractivity contribution in [3.05, 3.63) is 82.5 Å². The summed E-state index contributed by atoms with van der Waals surface area (Å²) in [6, 6.07) is 20.0. The second-order valence-corrected chi connectivity index (χ2v) is 6.86. The lowest BCUT2D eigenvalue weighted by Gasteiger charge is -2.14. The van der Waals surface area contributed by atoms with Gasteiger partial charge in [0.15, 0.2) is 16.9 Å². The molecule has 0 atom stereocenters. The van der Waals surface area contributed by atoms with Crippen LogP contribution in [-0.4, -0.2) is 23.5 Å². The zero-order valence-electron chi connectivity index (χ0n) is 15.9. The van der Waals surface area contributed by atoms with E-state index in [0.717, 1.165) is 5.56 Å². The average Bonchev–Trinajstić information content (AvgIpc) is 3.25. The molecule has 1 N–H and O–H groups in total. The highest BCUT2D eigenvalue weighted by Crippen LogP contribution is 2.31. The fourth-order valence-corrected chi connectivity index (χ4v) is 3.60. The Balaban J connectivity index is 1.42. The van der Waals surface area contributed by atoms with Crippen molar-refractivity contribution in [3.8, 4) is 11.5 Å². The second kappa shape index (κ2) is 7.36. The largest absolute Gasteiger partial charge is 0.454 e. The van der Waals surface area contributed by atoms with Crippen molar-refractivity contribution in [2.75, 3.05) is 6.79 Å². The number of hydrazone groups is 1. The van der Waals surface area contributed by atoms with Crippen molar-refractivity contribution in [1.29, 1.82) is 0 Å². The van der Waals surface area contributed by atoms with Gasteiger partial charge in [-0.15, -0.1) is 0 Å². The van der Waals surface area contributed by atoms with Gasteiger partial charge in [0, 0.05) is 10.8 Å². The van der Waals surface area contributed by atoms with Crippen LogP contribution in [0.15, 0.2) is 76.6 Å². The number of nitrogens with one attached hydrogen (secondary N) is 1. The molecule has 0 unspecified atom stereocenters. The molecule has 1 aromatic heterocycles. The van der Waals surface area contributed by atoms with Crippen LogP contribution in [0.1, 0.15) is 5.56 Å². The van der Waals surface area contributed by atoms with Crippen LogP contribution in [0.3, 0.4) is 0 Å². The standard InChI is InChI=1S/C23H17N3O4/c27-22(25-24-12-15-9-10-20-21(11-15)30-14-29-20)13-26-18-7-3-1-5-16(18)23(28)17-6-2-4-8-19(17)26/h1-12H,13-14H2,(H,25,27)/b24-12+. The molecule has 0 aliphatic carbocycles. The lowest BCUT2D eigenvalue weighted by Crippen LogP contribution is -2.25. The Bertz CT molecular complexity index is 1310. The first kappa shape index (κ1) is 17.9. The van der Waals surface area contributed by atoms with Gasteiger partial charge in [-0.25, -0.2) is 5.43 Å². The number of ether oxygens (including phenoxy) is 2. The van der Waals surface area contributed by atoms with Crippen LogP contribution in [0, 0.1) is 0 Å². The number of rotatable bonds is 4. The normalized spacial score (nSPS) is 12.7. The summed E-state index contributed by atoms with van der Waals surface area (Å²) in [6.07, 6.45) is 1.54. The molecule has 5 rings (SSSR count). The van der Waals surface area contributed by atoms with Gasteiger partial charge >= 0.3 is 0 Å². The molecule has 148 valence electrons. The summed E-state index contributed by atoms with van der Waals surface area (Å²) in [6.45, 7) is 0.230. The Morgan fingerprint density at radius 3 is 2.37 bits per heavy atom. The number of para-hydroxylation sites is 2. The lowest BCUT2D eigenvalue weighted by atomic mass is 10.1. The molecule has 1 aliphatic rings. The molecule has 3 aromatic carbocycles. The SMILES string of the molecule is O=C(Cn1c2ccccc2c(=O)c2ccccc21)N/N=C/c1ccc2c(c1)OCO2. The minimum atomic E-state index is -0.300. The van der Waals surface area contributed by atoms with Gasteiger partial charge < -0.3 is 14.0 Å². The predicted molar refractivity (Wildman–Crippen MR) is 114 cm³/mol. The Hall–Kier alpha value is -4.13. The highest BCUT2D eigenvalue weighted by molar-refractivity contribution is 5.95. The minimum absolute atomic E-state index is 0.0276. The summed E-state index contributed by atoms with van der Waals surface area (Å²) < 4.78 is 12.4. The Kier molecular flexibility index (Phi) is 4.40. The van der Waals surface area contributed by atoms with Gasteiger partial charge in [0.25, 0.3) is 5.91 Å². The molecule has 0 saturated carbocycles. The fraction of sp³-hybridized carbons (Fsp3) is 0.0870. The van der Waals surface area contributed by atoms with Gasteiger partial charge in [0.05, 0.1) is 17.2 Å². The number of hydrogen-bond donors (Lipinski definition) is 1. The zero-order chi connectivity index (χ0) is 20.5. The summed E-state index contributed by atoms with van der Waals surface area (Å²) >= 11 is 0. The van der Waals surface area contributed by atoms with E-state index in [2.05, 4.69) is 10.5 Å². The van der Waals surface area contributed by atoms with Crippen molar-refractivity contribution in [3.63, 3.8) is 0 Å². The second-order valence-electron chi connectivity index (χ2n) is 6.86. The maximum atomic E-state index is 12.8. The third kappa shape index (κ3) is 3.16. The zero-order valence-corrected chi connectivity index (χ0v) is 15.9. The summed E-state index contributed by atoms with van der Waals surface area (Å²) in [5.74, 6) is 1.04. The molecular formula is C23H17N3O4. The number of carbonyl (C=O) groups excluding carboxylic acids is 1. The van der Waals surface area contributed by atoms with Crippen molar-refractivity contribution in [2.24, 2.45) is 5.10 Å². The number of carbonyl (C=O) groups is 1. The molecule has 0 fully saturated rings. The van der Waals surface area contributed by atoms with E-state index in [0.29, 0.717) is 33.3 Å². The number of fused-ring (bicyclic) bond motifs is 3. The van der Waals surface area contributed by atoms with Crippen LogP contribution in [0.2, 0.25) is 0 Å². The summed E-state index contributed by atoms with van der Waals surface area (Å²) in [7, 11) is 0. The first-order valence-electron chi connectivity index (χ1n) is 9.42. The van der Waals surface area contributed by atoms with Crippen LogP contribution in [0.5, 0.6) is 11.5 Å². The first-order chi connectivity index (χ1) is 14.7. The molecule has 0 bridgehead atoms. The van der Waals surface area contributed by atoms with Crippen LogP contribution >= 0.6 is 0 Å². The number of benzene rings is 3. The van der Waals surface area contributed by atoms with Gasteiger partial charge in [-0.3, -0.25) is 9.59 Å². The summed E-state index contributed by atoms with van der Waals surface area (Å²) in [5, 5.41) is 5.20. The van der Waals surface area contributed by atoms with Gasteiger partial charge in [-0.2, -0.15) is 5.10 Å². The van der Waals surface area contributed by atoms with Gasteiger partial charge in [-0.05, 0) is 48.0 Å². The van der Waals surface area contributed by atoms with Crippen LogP contribution < -0.4 is 20.3 Å². The molecule has 0 saturated heterocycles. The van der Waals surface area contributed by atoms with Gasteiger partial charge in [0.1, 0.15) is 6.54 Å². The highest BCUT2D eigenvalue weighted by atomic mass is 16.7. The average molecular weight is 399 g/mol. The molecule has 7 heteroatoms. The number of pyridine rings is 1. The van der Waals surface area contributed by atoms with Crippen LogP contribution in [0.25, 0.3) is 21.8 Å². The molecule has 0 radical (unpaired) electrons. The Morgan fingerprint density at radius 1 is 0.967 bits per heavy atom. The first-order valence-corrected chi connectivity index (χ1v) is 9.42. The molecular weight excluding hydrogens is 382 g/mol. The third-order valence-corrected chi connectivity index (χ3v) is 4.98. The quantitative estimate of drug-likeness (QED) is 0.325. The topological polar surface area (TPSA) is 81.9 Å². The Morgan fingerprint density at radius 2 is 1.63 bits per heavy atom. The maximum Gasteiger partial charge on any atom is 0.260 e. The van der Waals surface area contributed by atoms with E-state index < -0.39 is 0 Å². The Labute approximate surface area is 171 Å². The fourth-order valence-electron chi connectivity index (χ4n) is 3.60. The van der Waals surface area contributed by atoms with Gasteiger partial charge in [-0.1, -0.05) is 24.3 Å². The van der Waals surface area contributed by atoms with Gasteiger partial charge in [0.2, 0.25) is 6.79 Å². The number of aromatic nitrogens is 1. The molecule has 7 nitrogen and oxygen atoms in total. The van der Waals surface area contributed by atoms with Crippen molar-refractivity contribution in [1.82, 2.24) is 9.99 Å². The summed E-state index contributed by atoms with van der Waals surface area (Å²) in [4.78, 5) is 25.4. The van der Waals surface area contributed by atoms with Crippen LogP contribution in [0.4, 0.5) is 0 Å². The summed E-state index contributed by atoms with van der Waals surface area (Å²) in [5.41, 5.74) is 4.69. The van der Waals surface area contributed by atoms with E-state index in [4.69, 9.17) is 9.47 Å². The van der Waals surface area contributed by atoms with E-state index in [1.54, 1.807) is 30.5 Å². The van der Waals surface area contributed by atoms with E-state index in [1.807, 2.05) is 47.0 Å².